The Balaban J connectivity index is 2.22. The number of thiophene rings is 1. The highest BCUT2D eigenvalue weighted by Gasteiger charge is 2.19. The summed E-state index contributed by atoms with van der Waals surface area (Å²) >= 11 is 7.83. The standard InChI is InChI=1S/C18H14ClNO4S/c1-4-5-11-9(2)25-15(14(11)19)16-20-13-8-10(17(21)23-3)6-7-12(13)18(22)24-16/h4-8H,1-3H3/b5-4-. The van der Waals surface area contributed by atoms with Crippen LogP contribution in [0.4, 0.5) is 0 Å². The Morgan fingerprint density at radius 1 is 1.40 bits per heavy atom. The number of rotatable bonds is 3. The lowest BCUT2D eigenvalue weighted by Crippen LogP contribution is -2.06. The van der Waals surface area contributed by atoms with Crippen molar-refractivity contribution < 1.29 is 13.9 Å². The third kappa shape index (κ3) is 3.10. The van der Waals surface area contributed by atoms with Crippen LogP contribution in [0.2, 0.25) is 5.02 Å². The van der Waals surface area contributed by atoms with Crippen molar-refractivity contribution in [3.8, 4) is 10.8 Å². The molecule has 0 aliphatic rings. The first-order valence-corrected chi connectivity index (χ1v) is 8.61. The Morgan fingerprint density at radius 3 is 2.84 bits per heavy atom. The van der Waals surface area contributed by atoms with E-state index < -0.39 is 11.6 Å². The maximum absolute atomic E-state index is 12.3. The van der Waals surface area contributed by atoms with Crippen molar-refractivity contribution in [1.82, 2.24) is 4.98 Å². The normalized spacial score (nSPS) is 11.4. The SMILES string of the molecule is C/C=C\c1c(C)sc(-c2nc3cc(C(=O)OC)ccc3c(=O)o2)c1Cl. The van der Waals surface area contributed by atoms with Gasteiger partial charge in [0.15, 0.2) is 0 Å². The number of aromatic nitrogens is 1. The van der Waals surface area contributed by atoms with Gasteiger partial charge in [0.1, 0.15) is 4.88 Å². The number of carbonyl (C=O) groups is 1. The lowest BCUT2D eigenvalue weighted by Gasteiger charge is -2.03. The summed E-state index contributed by atoms with van der Waals surface area (Å²) in [7, 11) is 1.29. The van der Waals surface area contributed by atoms with E-state index in [0.29, 0.717) is 21.0 Å². The number of ether oxygens (including phenoxy) is 1. The van der Waals surface area contributed by atoms with E-state index in [-0.39, 0.29) is 11.3 Å². The molecule has 2 heterocycles. The van der Waals surface area contributed by atoms with Gasteiger partial charge in [0.25, 0.3) is 0 Å². The third-order valence-electron chi connectivity index (χ3n) is 3.65. The molecule has 0 bridgehead atoms. The Morgan fingerprint density at radius 2 is 2.16 bits per heavy atom. The molecule has 3 aromatic rings. The number of nitrogens with zero attached hydrogens (tertiary/aromatic N) is 1. The molecule has 0 aliphatic heterocycles. The van der Waals surface area contributed by atoms with Crippen molar-refractivity contribution in [2.75, 3.05) is 7.11 Å². The molecule has 0 atom stereocenters. The van der Waals surface area contributed by atoms with Gasteiger partial charge >= 0.3 is 11.6 Å². The number of halogens is 1. The summed E-state index contributed by atoms with van der Waals surface area (Å²) in [6.45, 7) is 3.83. The quantitative estimate of drug-likeness (QED) is 0.620. The van der Waals surface area contributed by atoms with Gasteiger partial charge in [-0.3, -0.25) is 0 Å². The number of benzene rings is 1. The second kappa shape index (κ2) is 6.82. The van der Waals surface area contributed by atoms with Gasteiger partial charge in [-0.2, -0.15) is 0 Å². The van der Waals surface area contributed by atoms with Crippen LogP contribution in [-0.4, -0.2) is 18.1 Å². The molecule has 5 nitrogen and oxygen atoms in total. The van der Waals surface area contributed by atoms with Crippen LogP contribution in [-0.2, 0) is 4.74 Å². The highest BCUT2D eigenvalue weighted by atomic mass is 35.5. The Labute approximate surface area is 152 Å². The number of hydrogen-bond donors (Lipinski definition) is 0. The van der Waals surface area contributed by atoms with Crippen LogP contribution in [0.3, 0.4) is 0 Å². The first-order valence-electron chi connectivity index (χ1n) is 7.41. The molecule has 0 fully saturated rings. The van der Waals surface area contributed by atoms with E-state index in [9.17, 15) is 9.59 Å². The highest BCUT2D eigenvalue weighted by molar-refractivity contribution is 7.16. The zero-order valence-corrected chi connectivity index (χ0v) is 15.3. The minimum atomic E-state index is -0.536. The molecule has 0 amide bonds. The largest absolute Gasteiger partial charge is 0.465 e. The molecule has 0 radical (unpaired) electrons. The number of aryl methyl sites for hydroxylation is 1. The van der Waals surface area contributed by atoms with Crippen LogP contribution in [0.1, 0.15) is 27.7 Å². The van der Waals surface area contributed by atoms with Gasteiger partial charge in [0.05, 0.1) is 28.6 Å². The van der Waals surface area contributed by atoms with Gasteiger partial charge < -0.3 is 9.15 Å². The smallest absolute Gasteiger partial charge is 0.347 e. The maximum Gasteiger partial charge on any atom is 0.347 e. The average Bonchev–Trinajstić information content (AvgIpc) is 2.89. The second-order valence-electron chi connectivity index (χ2n) is 5.25. The summed E-state index contributed by atoms with van der Waals surface area (Å²) in [5, 5.41) is 0.772. The molecule has 0 aliphatic carbocycles. The average molecular weight is 376 g/mol. The fraction of sp³-hybridized carbons (Fsp3) is 0.167. The molecule has 3 rings (SSSR count). The number of esters is 1. The second-order valence-corrected chi connectivity index (χ2v) is 6.85. The summed E-state index contributed by atoms with van der Waals surface area (Å²) in [5.74, 6) is -0.368. The first-order chi connectivity index (χ1) is 12.0. The van der Waals surface area contributed by atoms with Crippen molar-refractivity contribution >= 4 is 45.9 Å². The van der Waals surface area contributed by atoms with Gasteiger partial charge in [-0.05, 0) is 32.0 Å². The molecule has 0 saturated heterocycles. The van der Waals surface area contributed by atoms with E-state index in [1.165, 1.54) is 36.6 Å². The van der Waals surface area contributed by atoms with E-state index in [1.54, 1.807) is 0 Å². The molecule has 0 saturated carbocycles. The van der Waals surface area contributed by atoms with E-state index in [0.717, 1.165) is 10.4 Å². The van der Waals surface area contributed by atoms with E-state index >= 15 is 0 Å². The zero-order chi connectivity index (χ0) is 18.1. The summed E-state index contributed by atoms with van der Waals surface area (Å²) in [6, 6.07) is 4.50. The molecular weight excluding hydrogens is 362 g/mol. The van der Waals surface area contributed by atoms with E-state index in [2.05, 4.69) is 4.98 Å². The number of hydrogen-bond acceptors (Lipinski definition) is 6. The van der Waals surface area contributed by atoms with E-state index in [4.69, 9.17) is 20.8 Å². The fourth-order valence-electron chi connectivity index (χ4n) is 2.44. The minimum absolute atomic E-state index is 0.133. The monoisotopic (exact) mass is 375 g/mol. The molecule has 1 aromatic carbocycles. The zero-order valence-electron chi connectivity index (χ0n) is 13.8. The summed E-state index contributed by atoms with van der Waals surface area (Å²) in [4.78, 5) is 29.9. The summed E-state index contributed by atoms with van der Waals surface area (Å²) in [6.07, 6.45) is 3.78. The number of allylic oxidation sites excluding steroid dienone is 1. The van der Waals surface area contributed by atoms with Crippen LogP contribution in [0.15, 0.2) is 33.5 Å². The molecule has 2 aromatic heterocycles. The van der Waals surface area contributed by atoms with Crippen LogP contribution in [0.25, 0.3) is 27.7 Å². The van der Waals surface area contributed by atoms with Crippen molar-refractivity contribution in [3.63, 3.8) is 0 Å². The summed E-state index contributed by atoms with van der Waals surface area (Å²) in [5.41, 5.74) is 0.995. The van der Waals surface area contributed by atoms with Gasteiger partial charge in [-0.1, -0.05) is 23.8 Å². The van der Waals surface area contributed by atoms with Crippen LogP contribution in [0.5, 0.6) is 0 Å². The Kier molecular flexibility index (Phi) is 4.74. The predicted molar refractivity (Wildman–Crippen MR) is 99.4 cm³/mol. The highest BCUT2D eigenvalue weighted by Crippen LogP contribution is 2.40. The van der Waals surface area contributed by atoms with E-state index in [1.807, 2.05) is 26.0 Å². The minimum Gasteiger partial charge on any atom is -0.465 e. The number of carbonyl (C=O) groups excluding carboxylic acids is 1. The Bertz CT molecular complexity index is 1060. The fourth-order valence-corrected chi connectivity index (χ4v) is 3.86. The van der Waals surface area contributed by atoms with Crippen LogP contribution < -0.4 is 5.63 Å². The molecule has 0 unspecified atom stereocenters. The molecule has 7 heteroatoms. The maximum atomic E-state index is 12.3. The van der Waals surface area contributed by atoms with Crippen molar-refractivity contribution in [2.45, 2.75) is 13.8 Å². The molecular formula is C18H14ClNO4S. The van der Waals surface area contributed by atoms with Crippen LogP contribution >= 0.6 is 22.9 Å². The predicted octanol–water partition coefficient (Wildman–Crippen LogP) is 4.70. The van der Waals surface area contributed by atoms with Gasteiger partial charge in [-0.25, -0.2) is 14.6 Å². The van der Waals surface area contributed by atoms with Gasteiger partial charge in [0, 0.05) is 10.4 Å². The number of fused-ring (bicyclic) bond motifs is 1. The van der Waals surface area contributed by atoms with Crippen molar-refractivity contribution in [2.24, 2.45) is 0 Å². The lowest BCUT2D eigenvalue weighted by molar-refractivity contribution is 0.0601. The van der Waals surface area contributed by atoms with Gasteiger partial charge in [0.2, 0.25) is 5.89 Å². The lowest BCUT2D eigenvalue weighted by atomic mass is 10.1. The first kappa shape index (κ1) is 17.4. The van der Waals surface area contributed by atoms with Gasteiger partial charge in [-0.15, -0.1) is 11.3 Å². The molecule has 128 valence electrons. The Hall–Kier alpha value is -2.44. The van der Waals surface area contributed by atoms with Crippen LogP contribution in [0, 0.1) is 6.92 Å². The third-order valence-corrected chi connectivity index (χ3v) is 5.26. The molecule has 25 heavy (non-hydrogen) atoms. The summed E-state index contributed by atoms with van der Waals surface area (Å²) < 4.78 is 10.1. The topological polar surface area (TPSA) is 69.4 Å². The molecule has 0 N–H and O–H groups in total. The van der Waals surface area contributed by atoms with Crippen molar-refractivity contribution in [3.05, 3.63) is 55.7 Å². The number of methoxy groups -OCH3 is 1. The van der Waals surface area contributed by atoms with Crippen molar-refractivity contribution in [1.29, 1.82) is 0 Å². The molecule has 0 spiro atoms.